The Morgan fingerprint density at radius 2 is 2.12 bits per heavy atom. The van der Waals surface area contributed by atoms with E-state index in [0.717, 1.165) is 6.20 Å². The number of hydrogen-bond acceptors (Lipinski definition) is 4. The van der Waals surface area contributed by atoms with Gasteiger partial charge in [-0.2, -0.15) is 0 Å². The average Bonchev–Trinajstić information content (AvgIpc) is 2.21. The van der Waals surface area contributed by atoms with Gasteiger partial charge in [0.25, 0.3) is 0 Å². The van der Waals surface area contributed by atoms with E-state index in [4.69, 9.17) is 28.3 Å². The number of carbonyl (C=O) groups excluding carboxylic acids is 1. The lowest BCUT2D eigenvalue weighted by Crippen LogP contribution is -2.14. The molecule has 0 aliphatic carbocycles. The number of aromatic carboxylic acids is 1. The molecule has 1 rings (SSSR count). The Hall–Kier alpha value is -1.33. The molecule has 0 saturated carbocycles. The van der Waals surface area contributed by atoms with E-state index in [1.54, 1.807) is 6.92 Å². The third-order valence-corrected chi connectivity index (χ3v) is 2.43. The minimum absolute atomic E-state index is 0.0351. The van der Waals surface area contributed by atoms with Crippen LogP contribution < -0.4 is 0 Å². The molecule has 86 valence electrons. The smallest absolute Gasteiger partial charge is 0.357 e. The first-order valence-electron chi connectivity index (χ1n) is 4.23. The largest absolute Gasteiger partial charge is 0.478 e. The van der Waals surface area contributed by atoms with Crippen LogP contribution in [0.2, 0.25) is 10.0 Å². The number of hydrogen-bond donors (Lipinski definition) is 1. The van der Waals surface area contributed by atoms with Crippen molar-refractivity contribution in [3.05, 3.63) is 27.5 Å². The van der Waals surface area contributed by atoms with Crippen molar-refractivity contribution in [3.63, 3.8) is 0 Å². The van der Waals surface area contributed by atoms with Crippen LogP contribution in [0.5, 0.6) is 0 Å². The quantitative estimate of drug-likeness (QED) is 0.847. The molecule has 0 saturated heterocycles. The highest BCUT2D eigenvalue weighted by Gasteiger charge is 2.24. The Morgan fingerprint density at radius 3 is 2.62 bits per heavy atom. The monoisotopic (exact) mass is 263 g/mol. The molecule has 0 spiro atoms. The zero-order valence-electron chi connectivity index (χ0n) is 8.16. The van der Waals surface area contributed by atoms with Crippen molar-refractivity contribution in [3.8, 4) is 0 Å². The van der Waals surface area contributed by atoms with E-state index in [2.05, 4.69) is 9.72 Å². The minimum atomic E-state index is -1.39. The van der Waals surface area contributed by atoms with Gasteiger partial charge in [-0.05, 0) is 6.92 Å². The SMILES string of the molecule is CCOC(=O)c1ncc(Cl)c(Cl)c1C(=O)O. The normalized spacial score (nSPS) is 9.94. The predicted molar refractivity (Wildman–Crippen MR) is 57.2 cm³/mol. The van der Waals surface area contributed by atoms with Gasteiger partial charge in [-0.3, -0.25) is 0 Å². The number of esters is 1. The van der Waals surface area contributed by atoms with Crippen molar-refractivity contribution in [2.45, 2.75) is 6.92 Å². The molecule has 16 heavy (non-hydrogen) atoms. The Balaban J connectivity index is 3.34. The van der Waals surface area contributed by atoms with Gasteiger partial charge in [0.2, 0.25) is 0 Å². The van der Waals surface area contributed by atoms with Crippen molar-refractivity contribution >= 4 is 35.1 Å². The third kappa shape index (κ3) is 2.43. The highest BCUT2D eigenvalue weighted by atomic mass is 35.5. The predicted octanol–water partition coefficient (Wildman–Crippen LogP) is 2.26. The van der Waals surface area contributed by atoms with E-state index in [1.807, 2.05) is 0 Å². The van der Waals surface area contributed by atoms with Crippen LogP contribution >= 0.6 is 23.2 Å². The molecule has 1 aromatic rings. The average molecular weight is 264 g/mol. The number of aromatic nitrogens is 1. The first-order valence-corrected chi connectivity index (χ1v) is 4.99. The summed E-state index contributed by atoms with van der Waals surface area (Å²) in [5, 5.41) is 8.63. The molecule has 0 unspecified atom stereocenters. The molecule has 1 N–H and O–H groups in total. The fourth-order valence-corrected chi connectivity index (χ4v) is 1.38. The summed E-state index contributed by atoms with van der Waals surface area (Å²) in [6, 6.07) is 0. The number of halogens is 2. The Morgan fingerprint density at radius 1 is 1.50 bits per heavy atom. The van der Waals surface area contributed by atoms with Gasteiger partial charge >= 0.3 is 11.9 Å². The van der Waals surface area contributed by atoms with Gasteiger partial charge in [0.15, 0.2) is 5.69 Å². The number of carbonyl (C=O) groups is 2. The van der Waals surface area contributed by atoms with Crippen molar-refractivity contribution in [1.29, 1.82) is 0 Å². The van der Waals surface area contributed by atoms with E-state index in [-0.39, 0.29) is 22.3 Å². The van der Waals surface area contributed by atoms with Gasteiger partial charge in [-0.15, -0.1) is 0 Å². The second-order valence-corrected chi connectivity index (χ2v) is 3.45. The lowest BCUT2D eigenvalue weighted by Gasteiger charge is -2.06. The van der Waals surface area contributed by atoms with Crippen LogP contribution in [-0.4, -0.2) is 28.6 Å². The van der Waals surface area contributed by atoms with Gasteiger partial charge in [0.1, 0.15) is 5.56 Å². The lowest BCUT2D eigenvalue weighted by atomic mass is 10.2. The van der Waals surface area contributed by atoms with Gasteiger partial charge in [-0.25, -0.2) is 14.6 Å². The first-order chi connectivity index (χ1) is 7.49. The second kappa shape index (κ2) is 5.14. The summed E-state index contributed by atoms with van der Waals surface area (Å²) >= 11 is 11.3. The van der Waals surface area contributed by atoms with Crippen LogP contribution in [0.1, 0.15) is 27.8 Å². The number of nitrogens with zero attached hydrogens (tertiary/aromatic N) is 1. The molecular weight excluding hydrogens is 257 g/mol. The van der Waals surface area contributed by atoms with Crippen molar-refractivity contribution in [2.24, 2.45) is 0 Å². The summed E-state index contributed by atoms with van der Waals surface area (Å²) in [5.41, 5.74) is -0.809. The highest BCUT2D eigenvalue weighted by molar-refractivity contribution is 6.44. The number of rotatable bonds is 3. The standard InChI is InChI=1S/C9H7Cl2NO4/c1-2-16-9(15)7-5(8(13)14)6(11)4(10)3-12-7/h3H,2H2,1H3,(H,13,14). The van der Waals surface area contributed by atoms with Crippen LogP contribution in [0.25, 0.3) is 0 Å². The summed E-state index contributed by atoms with van der Waals surface area (Å²) < 4.78 is 4.65. The molecule has 0 bridgehead atoms. The summed E-state index contributed by atoms with van der Waals surface area (Å²) in [7, 11) is 0. The fraction of sp³-hybridized carbons (Fsp3) is 0.222. The molecular formula is C9H7Cl2NO4. The topological polar surface area (TPSA) is 76.5 Å². The molecule has 0 radical (unpaired) electrons. The fourth-order valence-electron chi connectivity index (χ4n) is 1.02. The number of carboxylic acid groups (broad SMARTS) is 1. The van der Waals surface area contributed by atoms with E-state index in [1.165, 1.54) is 0 Å². The van der Waals surface area contributed by atoms with Gasteiger partial charge in [0.05, 0.1) is 16.7 Å². The zero-order valence-corrected chi connectivity index (χ0v) is 9.67. The van der Waals surface area contributed by atoms with E-state index < -0.39 is 17.5 Å². The van der Waals surface area contributed by atoms with Crippen LogP contribution in [0.3, 0.4) is 0 Å². The molecule has 0 amide bonds. The van der Waals surface area contributed by atoms with E-state index in [0.29, 0.717) is 0 Å². The molecule has 0 atom stereocenters. The van der Waals surface area contributed by atoms with Crippen molar-refractivity contribution in [1.82, 2.24) is 4.98 Å². The zero-order chi connectivity index (χ0) is 12.3. The molecule has 0 aliphatic heterocycles. The van der Waals surface area contributed by atoms with E-state index in [9.17, 15) is 9.59 Å². The molecule has 1 aromatic heterocycles. The summed E-state index contributed by atoms with van der Waals surface area (Å²) in [4.78, 5) is 25.9. The maximum Gasteiger partial charge on any atom is 0.357 e. The lowest BCUT2D eigenvalue weighted by molar-refractivity contribution is 0.0507. The highest BCUT2D eigenvalue weighted by Crippen LogP contribution is 2.27. The van der Waals surface area contributed by atoms with Gasteiger partial charge in [-0.1, -0.05) is 23.2 Å². The number of ether oxygens (including phenoxy) is 1. The molecule has 7 heteroatoms. The Labute approximate surface area is 101 Å². The van der Waals surface area contributed by atoms with Crippen LogP contribution in [0, 0.1) is 0 Å². The third-order valence-electron chi connectivity index (χ3n) is 1.66. The van der Waals surface area contributed by atoms with Crippen LogP contribution in [0.4, 0.5) is 0 Å². The molecule has 1 heterocycles. The van der Waals surface area contributed by atoms with Crippen molar-refractivity contribution < 1.29 is 19.4 Å². The maximum absolute atomic E-state index is 11.4. The molecule has 0 fully saturated rings. The Kier molecular flexibility index (Phi) is 4.09. The van der Waals surface area contributed by atoms with Crippen LogP contribution in [0.15, 0.2) is 6.20 Å². The van der Waals surface area contributed by atoms with Crippen LogP contribution in [-0.2, 0) is 4.74 Å². The minimum Gasteiger partial charge on any atom is -0.478 e. The first kappa shape index (κ1) is 12.7. The summed E-state index contributed by atoms with van der Waals surface area (Å²) in [6.45, 7) is 1.70. The summed E-state index contributed by atoms with van der Waals surface area (Å²) in [5.74, 6) is -2.23. The summed E-state index contributed by atoms with van der Waals surface area (Å²) in [6.07, 6.45) is 1.10. The van der Waals surface area contributed by atoms with Crippen molar-refractivity contribution in [2.75, 3.05) is 6.61 Å². The molecule has 5 nitrogen and oxygen atoms in total. The molecule has 0 aliphatic rings. The second-order valence-electron chi connectivity index (χ2n) is 2.67. The van der Waals surface area contributed by atoms with E-state index >= 15 is 0 Å². The Bertz CT molecular complexity index is 447. The molecule has 0 aromatic carbocycles. The van der Waals surface area contributed by atoms with Gasteiger partial charge in [0, 0.05) is 6.20 Å². The van der Waals surface area contributed by atoms with Gasteiger partial charge < -0.3 is 9.84 Å². The number of pyridine rings is 1. The number of carboxylic acids is 1. The maximum atomic E-state index is 11.4.